The molecule has 0 aliphatic heterocycles. The molecule has 0 bridgehead atoms. The lowest BCUT2D eigenvalue weighted by molar-refractivity contribution is -0.0516. The first-order valence-electron chi connectivity index (χ1n) is 6.38. The number of hydrogen-bond acceptors (Lipinski definition) is 2. The van der Waals surface area contributed by atoms with Gasteiger partial charge in [-0.2, -0.15) is 8.78 Å². The van der Waals surface area contributed by atoms with Crippen molar-refractivity contribution >= 4 is 44.1 Å². The molecule has 0 amide bonds. The summed E-state index contributed by atoms with van der Waals surface area (Å²) in [6.07, 6.45) is 3.56. The number of pyridine rings is 1. The van der Waals surface area contributed by atoms with Gasteiger partial charge in [0.15, 0.2) is 0 Å². The zero-order valence-corrected chi connectivity index (χ0v) is 15.2. The van der Waals surface area contributed by atoms with E-state index in [9.17, 15) is 8.78 Å². The Morgan fingerprint density at radius 2 is 2.10 bits per heavy atom. The normalized spacial score (nSPS) is 14.1. The van der Waals surface area contributed by atoms with Gasteiger partial charge in [0.05, 0.1) is 11.1 Å². The van der Waals surface area contributed by atoms with Crippen LogP contribution in [0.2, 0.25) is 0 Å². The summed E-state index contributed by atoms with van der Waals surface area (Å²) < 4.78 is 32.9. The maximum Gasteiger partial charge on any atom is 0.387 e. The first-order chi connectivity index (χ1) is 9.74. The molecule has 2 aromatic heterocycles. The Hall–Kier alpha value is -0.700. The monoisotopic (exact) mass is 426 g/mol. The number of imidazole rings is 1. The highest BCUT2D eigenvalue weighted by atomic mass is 127. The van der Waals surface area contributed by atoms with E-state index in [1.165, 1.54) is 0 Å². The van der Waals surface area contributed by atoms with E-state index < -0.39 is 6.61 Å². The molecule has 2 heterocycles. The minimum absolute atomic E-state index is 0.0747. The Labute approximate surface area is 138 Å². The number of nitrogens with zero attached hydrogens (tertiary/aromatic N) is 2. The zero-order chi connectivity index (χ0) is 15.8. The molecule has 116 valence electrons. The van der Waals surface area contributed by atoms with Crippen LogP contribution in [0.15, 0.2) is 23.4 Å². The first kappa shape index (κ1) is 16.7. The van der Waals surface area contributed by atoms with Gasteiger partial charge in [-0.15, -0.1) is 10.5 Å². The molecule has 0 fully saturated rings. The van der Waals surface area contributed by atoms with E-state index in [1.807, 2.05) is 22.9 Å². The summed E-state index contributed by atoms with van der Waals surface area (Å²) >= 11 is 2.17. The van der Waals surface area contributed by atoms with Gasteiger partial charge in [0.25, 0.3) is 0 Å². The lowest BCUT2D eigenvalue weighted by Crippen LogP contribution is -2.13. The number of alkyl halides is 2. The van der Waals surface area contributed by atoms with E-state index in [2.05, 4.69) is 48.3 Å². The minimum Gasteiger partial charge on any atom is -0.433 e. The molecule has 21 heavy (non-hydrogen) atoms. The van der Waals surface area contributed by atoms with Crippen LogP contribution in [-0.2, 0) is 0 Å². The Morgan fingerprint density at radius 1 is 1.43 bits per heavy atom. The summed E-state index contributed by atoms with van der Waals surface area (Å²) in [6, 6.07) is 1.58. The quantitative estimate of drug-likeness (QED) is 0.522. The predicted octanol–water partition coefficient (Wildman–Crippen LogP) is 4.79. The fourth-order valence-corrected chi connectivity index (χ4v) is 4.81. The van der Waals surface area contributed by atoms with Gasteiger partial charge in [0, 0.05) is 17.0 Å². The second-order valence-electron chi connectivity index (χ2n) is 5.38. The van der Waals surface area contributed by atoms with Gasteiger partial charge in [-0.25, -0.2) is 4.98 Å². The van der Waals surface area contributed by atoms with Gasteiger partial charge in [0.1, 0.15) is 15.1 Å². The van der Waals surface area contributed by atoms with E-state index in [-0.39, 0.29) is 21.0 Å². The van der Waals surface area contributed by atoms with Crippen molar-refractivity contribution in [2.24, 2.45) is 0 Å². The molecular weight excluding hydrogens is 409 g/mol. The van der Waals surface area contributed by atoms with Crippen LogP contribution >= 0.6 is 33.1 Å². The molecule has 2 aromatic rings. The molecular formula is C14H17F2IN2OS. The van der Waals surface area contributed by atoms with Gasteiger partial charge in [-0.05, 0) is 29.5 Å². The third kappa shape index (κ3) is 3.56. The molecule has 0 radical (unpaired) electrons. The van der Waals surface area contributed by atoms with E-state index in [0.29, 0.717) is 5.65 Å². The predicted molar refractivity (Wildman–Crippen MR) is 91.9 cm³/mol. The van der Waals surface area contributed by atoms with Crippen LogP contribution in [0.4, 0.5) is 8.78 Å². The molecule has 0 aromatic carbocycles. The van der Waals surface area contributed by atoms with E-state index in [0.717, 1.165) is 8.60 Å². The van der Waals surface area contributed by atoms with Crippen molar-refractivity contribution in [2.75, 3.05) is 0 Å². The molecule has 3 nitrogen and oxygen atoms in total. The molecule has 1 atom stereocenters. The van der Waals surface area contributed by atoms with Crippen molar-refractivity contribution in [3.63, 3.8) is 0 Å². The van der Waals surface area contributed by atoms with Crippen molar-refractivity contribution < 1.29 is 13.5 Å². The second kappa shape index (κ2) is 6.20. The average molecular weight is 426 g/mol. The van der Waals surface area contributed by atoms with Crippen LogP contribution in [0.3, 0.4) is 0 Å². The fourth-order valence-electron chi connectivity index (χ4n) is 2.12. The maximum atomic E-state index is 12.7. The van der Waals surface area contributed by atoms with Crippen molar-refractivity contribution in [1.82, 2.24) is 9.38 Å². The summed E-state index contributed by atoms with van der Waals surface area (Å²) in [6.45, 7) is 5.37. The lowest BCUT2D eigenvalue weighted by Gasteiger charge is -2.26. The Balaban J connectivity index is 2.70. The summed E-state index contributed by atoms with van der Waals surface area (Å²) in [5.41, 5.74) is 0.604. The van der Waals surface area contributed by atoms with Crippen LogP contribution in [-0.4, -0.2) is 26.1 Å². The second-order valence-corrected chi connectivity index (χ2v) is 9.29. The highest BCUT2D eigenvalue weighted by Gasteiger charge is 2.22. The molecule has 2 rings (SSSR count). The SMILES string of the molecule is C/C=S(/c1cn2c(I)cnc2cc1OC(F)F)C(C)(C)C. The highest BCUT2D eigenvalue weighted by molar-refractivity contribution is 14.1. The van der Waals surface area contributed by atoms with Crippen LogP contribution in [0.5, 0.6) is 5.75 Å². The first-order valence-corrected chi connectivity index (χ1v) is 8.75. The lowest BCUT2D eigenvalue weighted by atomic mass is 10.3. The number of fused-ring (bicyclic) bond motifs is 1. The molecule has 0 aliphatic rings. The Bertz CT molecular complexity index is 692. The van der Waals surface area contributed by atoms with E-state index in [4.69, 9.17) is 4.74 Å². The topological polar surface area (TPSA) is 26.5 Å². The molecule has 0 aliphatic carbocycles. The van der Waals surface area contributed by atoms with Crippen molar-refractivity contribution in [1.29, 1.82) is 0 Å². The van der Waals surface area contributed by atoms with E-state index >= 15 is 0 Å². The Kier molecular flexibility index (Phi) is 4.92. The molecule has 0 N–H and O–H groups in total. The summed E-state index contributed by atoms with van der Waals surface area (Å²) in [5.74, 6) is 0.204. The molecule has 7 heteroatoms. The minimum atomic E-state index is -2.84. The third-order valence-corrected chi connectivity index (χ3v) is 6.25. The molecule has 0 saturated carbocycles. The van der Waals surface area contributed by atoms with Gasteiger partial charge in [-0.3, -0.25) is 4.40 Å². The standard InChI is InChI=1S/C14H17F2IN2OS/c1-5-21(14(2,3)4)10-8-19-11(17)7-18-12(19)6-9(10)20-13(15)16/h5-8,13H,1-4H3. The Morgan fingerprint density at radius 3 is 2.62 bits per heavy atom. The molecule has 0 spiro atoms. The average Bonchev–Trinajstić information content (AvgIpc) is 2.69. The number of hydrogen-bond donors (Lipinski definition) is 0. The maximum absolute atomic E-state index is 12.7. The van der Waals surface area contributed by atoms with Gasteiger partial charge in [-0.1, -0.05) is 26.1 Å². The van der Waals surface area contributed by atoms with Crippen LogP contribution in [0.1, 0.15) is 27.7 Å². The summed E-state index contributed by atoms with van der Waals surface area (Å²) in [4.78, 5) is 4.97. The van der Waals surface area contributed by atoms with E-state index in [1.54, 1.807) is 12.3 Å². The van der Waals surface area contributed by atoms with Crippen LogP contribution in [0.25, 0.3) is 5.65 Å². The highest BCUT2D eigenvalue weighted by Crippen LogP contribution is 2.44. The van der Waals surface area contributed by atoms with Gasteiger partial charge in [0.2, 0.25) is 0 Å². The summed E-state index contributed by atoms with van der Waals surface area (Å²) in [7, 11) is -0.324. The molecule has 1 unspecified atom stereocenters. The zero-order valence-electron chi connectivity index (χ0n) is 12.2. The molecule has 0 saturated heterocycles. The fraction of sp³-hybridized carbons (Fsp3) is 0.429. The summed E-state index contributed by atoms with van der Waals surface area (Å²) in [5, 5.41) is 2.04. The van der Waals surface area contributed by atoms with Crippen LogP contribution in [0, 0.1) is 3.70 Å². The smallest absolute Gasteiger partial charge is 0.387 e. The van der Waals surface area contributed by atoms with Gasteiger partial charge < -0.3 is 4.74 Å². The van der Waals surface area contributed by atoms with Crippen molar-refractivity contribution in [3.05, 3.63) is 22.2 Å². The van der Waals surface area contributed by atoms with Gasteiger partial charge >= 0.3 is 6.61 Å². The number of aromatic nitrogens is 2. The number of halogens is 3. The van der Waals surface area contributed by atoms with Crippen molar-refractivity contribution in [2.45, 2.75) is 43.9 Å². The third-order valence-electron chi connectivity index (χ3n) is 2.88. The van der Waals surface area contributed by atoms with Crippen molar-refractivity contribution in [3.8, 4) is 5.75 Å². The number of ether oxygens (including phenoxy) is 1. The number of rotatable bonds is 3. The largest absolute Gasteiger partial charge is 0.433 e. The van der Waals surface area contributed by atoms with Crippen LogP contribution < -0.4 is 4.74 Å².